The topological polar surface area (TPSA) is 33.1 Å². The minimum Gasteiger partial charge on any atom is -1.00 e. The summed E-state index contributed by atoms with van der Waals surface area (Å²) in [5.41, 5.74) is 3.35. The van der Waals surface area contributed by atoms with E-state index in [1.165, 1.54) is 22.8 Å². The highest BCUT2D eigenvalue weighted by Crippen LogP contribution is 2.48. The largest absolute Gasteiger partial charge is 1.00 e. The van der Waals surface area contributed by atoms with Gasteiger partial charge in [-0.25, -0.2) is 0 Å². The zero-order valence-corrected chi connectivity index (χ0v) is 19.4. The number of aromatic nitrogens is 1. The molecule has 3 aliphatic heterocycles. The van der Waals surface area contributed by atoms with Gasteiger partial charge in [-0.3, -0.25) is 4.98 Å². The molecule has 5 atom stereocenters. The molecule has 1 N–H and O–H groups in total. The summed E-state index contributed by atoms with van der Waals surface area (Å²) < 4.78 is 0.930. The molecule has 7 rings (SSSR count). The highest BCUT2D eigenvalue weighted by molar-refractivity contribution is 5.85. The number of pyridine rings is 1. The second-order valence-corrected chi connectivity index (χ2v) is 10.0. The number of para-hydroxylation sites is 1. The first-order valence-electron chi connectivity index (χ1n) is 12.2. The van der Waals surface area contributed by atoms with Crippen LogP contribution in [-0.4, -0.2) is 33.7 Å². The summed E-state index contributed by atoms with van der Waals surface area (Å²) in [6.07, 6.45) is 5.76. The summed E-state index contributed by atoms with van der Waals surface area (Å²) in [5.74, 6) is 1.13. The lowest BCUT2D eigenvalue weighted by Gasteiger charge is -2.58. The van der Waals surface area contributed by atoms with Gasteiger partial charge < -0.3 is 14.3 Å². The zero-order chi connectivity index (χ0) is 22.4. The van der Waals surface area contributed by atoms with Gasteiger partial charge in [-0.15, -0.1) is 6.58 Å². The summed E-state index contributed by atoms with van der Waals surface area (Å²) >= 11 is 0. The Morgan fingerprint density at radius 3 is 2.62 bits per heavy atom. The van der Waals surface area contributed by atoms with Gasteiger partial charge in [0.15, 0.2) is 0 Å². The van der Waals surface area contributed by atoms with E-state index in [9.17, 15) is 5.11 Å². The number of nitrogens with zero attached hydrogens (tertiary/aromatic N) is 2. The molecule has 4 heterocycles. The molecule has 0 radical (unpaired) electrons. The lowest BCUT2D eigenvalue weighted by Crippen LogP contribution is -3.00. The number of fused-ring (bicyclic) bond motifs is 5. The van der Waals surface area contributed by atoms with Crippen LogP contribution in [0.3, 0.4) is 0 Å². The van der Waals surface area contributed by atoms with Crippen LogP contribution in [-0.2, 0) is 6.54 Å². The van der Waals surface area contributed by atoms with E-state index in [4.69, 9.17) is 0 Å². The fourth-order valence-corrected chi connectivity index (χ4v) is 6.73. The number of benzene rings is 3. The summed E-state index contributed by atoms with van der Waals surface area (Å²) in [6.45, 7) is 7.30. The van der Waals surface area contributed by atoms with Gasteiger partial charge in [0.25, 0.3) is 0 Å². The standard InChI is InChI=1S/C30H31N2O.FH/c1-2-21-19-32(20-24-10-7-9-22-8-3-4-11-25(22)24)17-15-23(21)18-29(32)30(33)27-14-16-31-28-13-6-5-12-26(27)28;/h2-14,16,21,23,29-30,33H,1,15,17-20H2;1H/q+1;/p-1/t21-,23-,29+,30-,32?;/m0./s1. The van der Waals surface area contributed by atoms with Crippen LogP contribution in [0.5, 0.6) is 0 Å². The van der Waals surface area contributed by atoms with Gasteiger partial charge in [0.05, 0.1) is 18.6 Å². The van der Waals surface area contributed by atoms with Crippen LogP contribution in [0.25, 0.3) is 21.7 Å². The third-order valence-corrected chi connectivity index (χ3v) is 8.41. The van der Waals surface area contributed by atoms with Crippen LogP contribution < -0.4 is 4.70 Å². The quantitative estimate of drug-likeness (QED) is 0.372. The van der Waals surface area contributed by atoms with Crippen molar-refractivity contribution in [3.05, 3.63) is 103 Å². The Bertz CT molecular complexity index is 1330. The van der Waals surface area contributed by atoms with E-state index in [0.29, 0.717) is 11.8 Å². The van der Waals surface area contributed by atoms with Crippen molar-refractivity contribution in [2.45, 2.75) is 31.5 Å². The molecule has 3 aliphatic rings. The number of halogens is 1. The Labute approximate surface area is 200 Å². The Morgan fingerprint density at radius 1 is 1.00 bits per heavy atom. The van der Waals surface area contributed by atoms with Crippen LogP contribution in [0, 0.1) is 11.8 Å². The van der Waals surface area contributed by atoms with Crippen LogP contribution in [0.2, 0.25) is 0 Å². The van der Waals surface area contributed by atoms with E-state index in [2.05, 4.69) is 66.2 Å². The van der Waals surface area contributed by atoms with E-state index in [1.807, 2.05) is 30.5 Å². The monoisotopic (exact) mass is 454 g/mol. The molecule has 3 fully saturated rings. The first-order valence-corrected chi connectivity index (χ1v) is 12.2. The predicted octanol–water partition coefficient (Wildman–Crippen LogP) is 3.04. The minimum absolute atomic E-state index is 0. The summed E-state index contributed by atoms with van der Waals surface area (Å²) in [4.78, 5) is 4.53. The van der Waals surface area contributed by atoms with E-state index in [-0.39, 0.29) is 10.7 Å². The highest BCUT2D eigenvalue weighted by atomic mass is 19.0. The van der Waals surface area contributed by atoms with Crippen molar-refractivity contribution in [1.82, 2.24) is 4.98 Å². The minimum atomic E-state index is -0.513. The van der Waals surface area contributed by atoms with Crippen molar-refractivity contribution in [2.75, 3.05) is 13.1 Å². The maximum absolute atomic E-state index is 11.9. The third kappa shape index (κ3) is 3.62. The van der Waals surface area contributed by atoms with E-state index < -0.39 is 6.10 Å². The lowest BCUT2D eigenvalue weighted by atomic mass is 9.71. The Morgan fingerprint density at radius 2 is 1.76 bits per heavy atom. The number of aliphatic hydroxyl groups is 1. The third-order valence-electron chi connectivity index (χ3n) is 8.41. The fourth-order valence-electron chi connectivity index (χ4n) is 6.73. The van der Waals surface area contributed by atoms with Crippen molar-refractivity contribution in [2.24, 2.45) is 11.8 Å². The summed E-state index contributed by atoms with van der Waals surface area (Å²) in [6, 6.07) is 25.7. The van der Waals surface area contributed by atoms with Gasteiger partial charge in [0.1, 0.15) is 18.7 Å². The predicted molar refractivity (Wildman–Crippen MR) is 135 cm³/mol. The smallest absolute Gasteiger partial charge is 0.131 e. The molecule has 0 amide bonds. The number of hydrogen-bond donors (Lipinski definition) is 1. The summed E-state index contributed by atoms with van der Waals surface area (Å²) in [7, 11) is 0. The molecule has 3 saturated heterocycles. The number of quaternary nitrogens is 1. The highest BCUT2D eigenvalue weighted by Gasteiger charge is 2.54. The van der Waals surface area contributed by atoms with E-state index in [1.54, 1.807) is 0 Å². The van der Waals surface area contributed by atoms with Gasteiger partial charge in [-0.2, -0.15) is 0 Å². The molecule has 1 unspecified atom stereocenters. The molecule has 0 spiro atoms. The Hall–Kier alpha value is -3.08. The number of piperidine rings is 3. The first-order chi connectivity index (χ1) is 16.2. The normalized spacial score (nSPS) is 26.8. The van der Waals surface area contributed by atoms with Crippen molar-refractivity contribution in [3.63, 3.8) is 0 Å². The zero-order valence-electron chi connectivity index (χ0n) is 19.4. The molecular weight excluding hydrogens is 423 g/mol. The Balaban J connectivity index is 0.00000241. The molecule has 4 heteroatoms. The van der Waals surface area contributed by atoms with Gasteiger partial charge >= 0.3 is 0 Å². The van der Waals surface area contributed by atoms with Crippen molar-refractivity contribution in [3.8, 4) is 0 Å². The molecule has 3 nitrogen and oxygen atoms in total. The van der Waals surface area contributed by atoms with Crippen LogP contribution in [0.15, 0.2) is 91.6 Å². The molecule has 4 aromatic rings. The van der Waals surface area contributed by atoms with Crippen LogP contribution >= 0.6 is 0 Å². The average molecular weight is 455 g/mol. The van der Waals surface area contributed by atoms with Crippen molar-refractivity contribution < 1.29 is 14.3 Å². The molecule has 174 valence electrons. The van der Waals surface area contributed by atoms with Crippen molar-refractivity contribution in [1.29, 1.82) is 0 Å². The van der Waals surface area contributed by atoms with Crippen LogP contribution in [0.4, 0.5) is 0 Å². The van der Waals surface area contributed by atoms with Gasteiger partial charge in [0, 0.05) is 35.9 Å². The summed E-state index contributed by atoms with van der Waals surface area (Å²) in [5, 5.41) is 15.6. The number of rotatable bonds is 5. The van der Waals surface area contributed by atoms with Gasteiger partial charge in [0.2, 0.25) is 0 Å². The fraction of sp³-hybridized carbons (Fsp3) is 0.300. The number of aliphatic hydroxyl groups excluding tert-OH is 1. The van der Waals surface area contributed by atoms with Gasteiger partial charge in [-0.1, -0.05) is 66.7 Å². The average Bonchev–Trinajstić information content (AvgIpc) is 2.88. The SMILES string of the molecule is C=C[C@H]1C[N+]2(Cc3cccc4ccccc34)CC[C@H]1C[C@@H]2[C@@H](O)c1ccnc2ccccc12.[F-]. The lowest BCUT2D eigenvalue weighted by molar-refractivity contribution is -0.984. The second kappa shape index (κ2) is 8.94. The molecule has 0 saturated carbocycles. The second-order valence-electron chi connectivity index (χ2n) is 10.0. The molecule has 1 aromatic heterocycles. The van der Waals surface area contributed by atoms with Crippen molar-refractivity contribution >= 4 is 21.7 Å². The molecule has 3 aromatic carbocycles. The Kier molecular flexibility index (Phi) is 5.97. The molecule has 2 bridgehead atoms. The molecular formula is C30H31FN2O. The van der Waals surface area contributed by atoms with E-state index >= 15 is 0 Å². The number of hydrogen-bond acceptors (Lipinski definition) is 2. The molecule has 0 aliphatic carbocycles. The van der Waals surface area contributed by atoms with Crippen LogP contribution in [0.1, 0.15) is 30.1 Å². The first kappa shape index (κ1) is 22.7. The van der Waals surface area contributed by atoms with Gasteiger partial charge in [-0.05, 0) is 34.4 Å². The maximum atomic E-state index is 11.9. The van der Waals surface area contributed by atoms with E-state index in [0.717, 1.165) is 47.0 Å². The molecule has 34 heavy (non-hydrogen) atoms. The maximum Gasteiger partial charge on any atom is 0.131 e.